The molecular weight excluding hydrogens is 370 g/mol. The Balaban J connectivity index is 1.54. The van der Waals surface area contributed by atoms with Crippen LogP contribution in [0.25, 0.3) is 17.0 Å². The average molecular weight is 389 g/mol. The van der Waals surface area contributed by atoms with Crippen molar-refractivity contribution in [3.05, 3.63) is 54.7 Å². The summed E-state index contributed by atoms with van der Waals surface area (Å²) in [5.41, 5.74) is 3.64. The number of anilines is 2. The molecule has 0 bridgehead atoms. The molecule has 4 aromatic rings. The summed E-state index contributed by atoms with van der Waals surface area (Å²) in [6, 6.07) is 7.71. The highest BCUT2D eigenvalue weighted by Gasteiger charge is 2.22. The zero-order valence-corrected chi connectivity index (χ0v) is 16.0. The molecular formula is C20H19N7O2. The number of benzene rings is 1. The van der Waals surface area contributed by atoms with Crippen molar-refractivity contribution in [3.8, 4) is 17.4 Å². The van der Waals surface area contributed by atoms with E-state index in [-0.39, 0.29) is 0 Å². The molecule has 9 nitrogen and oxygen atoms in total. The molecule has 1 aliphatic heterocycles. The molecule has 5 rings (SSSR count). The molecule has 1 aliphatic rings. The summed E-state index contributed by atoms with van der Waals surface area (Å²) >= 11 is 0. The van der Waals surface area contributed by atoms with Crippen molar-refractivity contribution in [3.63, 3.8) is 0 Å². The average Bonchev–Trinajstić information content (AvgIpc) is 3.36. The van der Waals surface area contributed by atoms with Crippen LogP contribution in [-0.4, -0.2) is 45.4 Å². The van der Waals surface area contributed by atoms with Crippen molar-refractivity contribution in [1.29, 1.82) is 0 Å². The number of methoxy groups -OCH3 is 2. The maximum absolute atomic E-state index is 5.43. The Morgan fingerprint density at radius 3 is 2.76 bits per heavy atom. The van der Waals surface area contributed by atoms with Crippen LogP contribution in [0.4, 0.5) is 11.5 Å². The second-order valence-corrected chi connectivity index (χ2v) is 6.61. The summed E-state index contributed by atoms with van der Waals surface area (Å²) in [4.78, 5) is 20.1. The summed E-state index contributed by atoms with van der Waals surface area (Å²) in [7, 11) is 3.21. The first-order valence-electron chi connectivity index (χ1n) is 9.11. The van der Waals surface area contributed by atoms with E-state index < -0.39 is 0 Å². The largest absolute Gasteiger partial charge is 0.493 e. The Morgan fingerprint density at radius 1 is 1.10 bits per heavy atom. The number of pyridine rings is 1. The zero-order valence-electron chi connectivity index (χ0n) is 16.0. The quantitative estimate of drug-likeness (QED) is 0.557. The van der Waals surface area contributed by atoms with Gasteiger partial charge in [-0.25, -0.2) is 9.97 Å². The highest BCUT2D eigenvalue weighted by Crippen LogP contribution is 2.34. The van der Waals surface area contributed by atoms with E-state index in [1.54, 1.807) is 32.9 Å². The monoisotopic (exact) mass is 389 g/mol. The molecule has 0 saturated heterocycles. The van der Waals surface area contributed by atoms with Crippen LogP contribution < -0.4 is 19.7 Å². The molecule has 0 aliphatic carbocycles. The highest BCUT2D eigenvalue weighted by molar-refractivity contribution is 5.81. The number of nitrogens with one attached hydrogen (secondary N) is 1. The van der Waals surface area contributed by atoms with Gasteiger partial charge in [0.2, 0.25) is 5.95 Å². The maximum atomic E-state index is 5.43. The summed E-state index contributed by atoms with van der Waals surface area (Å²) in [5.74, 6) is 2.65. The fourth-order valence-corrected chi connectivity index (χ4v) is 3.44. The number of ether oxygens (including phenoxy) is 2. The third-order valence-electron chi connectivity index (χ3n) is 4.88. The Hall–Kier alpha value is -3.88. The first-order valence-corrected chi connectivity index (χ1v) is 9.11. The lowest BCUT2D eigenvalue weighted by Crippen LogP contribution is -2.23. The van der Waals surface area contributed by atoms with Crippen LogP contribution in [0.2, 0.25) is 0 Å². The van der Waals surface area contributed by atoms with E-state index in [0.29, 0.717) is 30.7 Å². The third kappa shape index (κ3) is 2.96. The van der Waals surface area contributed by atoms with Gasteiger partial charge in [0.25, 0.3) is 0 Å². The van der Waals surface area contributed by atoms with Gasteiger partial charge in [0, 0.05) is 31.1 Å². The van der Waals surface area contributed by atoms with E-state index in [1.807, 2.05) is 29.0 Å². The summed E-state index contributed by atoms with van der Waals surface area (Å²) < 4.78 is 12.6. The van der Waals surface area contributed by atoms with Crippen LogP contribution in [0.15, 0.2) is 49.2 Å². The standard InChI is InChI=1S/C20H19N7O2/c1-28-17-6-14-16(7-18(17)29-2)27(12-24-14)20-22-9-15-19(25-20)26(11-23-15)10-13-4-3-5-21-8-13/h3-9,12,23H,10-11H2,1-2H3. The van der Waals surface area contributed by atoms with Gasteiger partial charge in [-0.1, -0.05) is 6.07 Å². The number of hydrogen-bond donors (Lipinski definition) is 1. The van der Waals surface area contributed by atoms with Gasteiger partial charge >= 0.3 is 0 Å². The third-order valence-corrected chi connectivity index (χ3v) is 4.88. The number of imidazole rings is 1. The normalized spacial score (nSPS) is 12.7. The van der Waals surface area contributed by atoms with E-state index in [4.69, 9.17) is 14.5 Å². The molecule has 1 aromatic carbocycles. The van der Waals surface area contributed by atoms with Crippen LogP contribution in [0.5, 0.6) is 11.5 Å². The molecule has 1 N–H and O–H groups in total. The Morgan fingerprint density at radius 2 is 1.97 bits per heavy atom. The molecule has 9 heteroatoms. The molecule has 0 atom stereocenters. The molecule has 146 valence electrons. The van der Waals surface area contributed by atoms with Crippen LogP contribution in [0, 0.1) is 0 Å². The minimum atomic E-state index is 0.540. The first kappa shape index (κ1) is 17.2. The minimum absolute atomic E-state index is 0.540. The number of aromatic nitrogens is 5. The SMILES string of the molecule is COc1cc2ncn(-c3ncc4c(n3)N(Cc3cccnc3)CN4)c2cc1OC. The van der Waals surface area contributed by atoms with Gasteiger partial charge in [-0.2, -0.15) is 4.98 Å². The molecule has 3 aromatic heterocycles. The van der Waals surface area contributed by atoms with Gasteiger partial charge < -0.3 is 19.7 Å². The topological polar surface area (TPSA) is 90.2 Å². The van der Waals surface area contributed by atoms with E-state index in [0.717, 1.165) is 28.1 Å². The lowest BCUT2D eigenvalue weighted by molar-refractivity contribution is 0.355. The summed E-state index contributed by atoms with van der Waals surface area (Å²) in [6.45, 7) is 1.37. The molecule has 29 heavy (non-hydrogen) atoms. The van der Waals surface area contributed by atoms with Gasteiger partial charge in [-0.15, -0.1) is 0 Å². The van der Waals surface area contributed by atoms with Crippen LogP contribution in [-0.2, 0) is 6.54 Å². The van der Waals surface area contributed by atoms with E-state index in [9.17, 15) is 0 Å². The van der Waals surface area contributed by atoms with E-state index in [1.165, 1.54) is 0 Å². The van der Waals surface area contributed by atoms with Crippen molar-refractivity contribution in [2.45, 2.75) is 6.54 Å². The van der Waals surface area contributed by atoms with Gasteiger partial charge in [0.15, 0.2) is 17.3 Å². The Labute approximate surface area is 167 Å². The smallest absolute Gasteiger partial charge is 0.237 e. The maximum Gasteiger partial charge on any atom is 0.237 e. The van der Waals surface area contributed by atoms with Crippen molar-refractivity contribution >= 4 is 22.5 Å². The van der Waals surface area contributed by atoms with Crippen molar-refractivity contribution in [1.82, 2.24) is 24.5 Å². The number of nitrogens with zero attached hydrogens (tertiary/aromatic N) is 6. The molecule has 0 unspecified atom stereocenters. The van der Waals surface area contributed by atoms with Crippen LogP contribution in [0.1, 0.15) is 5.56 Å². The molecule has 0 amide bonds. The molecule has 4 heterocycles. The van der Waals surface area contributed by atoms with Crippen molar-refractivity contribution in [2.75, 3.05) is 31.1 Å². The minimum Gasteiger partial charge on any atom is -0.493 e. The van der Waals surface area contributed by atoms with Crippen LogP contribution >= 0.6 is 0 Å². The number of fused-ring (bicyclic) bond motifs is 2. The Bertz CT molecular complexity index is 1180. The van der Waals surface area contributed by atoms with Crippen LogP contribution in [0.3, 0.4) is 0 Å². The highest BCUT2D eigenvalue weighted by atomic mass is 16.5. The molecule has 0 radical (unpaired) electrons. The second-order valence-electron chi connectivity index (χ2n) is 6.61. The van der Waals surface area contributed by atoms with Gasteiger partial charge in [-0.05, 0) is 11.6 Å². The first-order chi connectivity index (χ1) is 14.3. The lowest BCUT2D eigenvalue weighted by Gasteiger charge is -2.17. The van der Waals surface area contributed by atoms with Gasteiger partial charge in [-0.3, -0.25) is 9.55 Å². The zero-order chi connectivity index (χ0) is 19.8. The van der Waals surface area contributed by atoms with Crippen molar-refractivity contribution in [2.24, 2.45) is 0 Å². The fourth-order valence-electron chi connectivity index (χ4n) is 3.44. The summed E-state index contributed by atoms with van der Waals surface area (Å²) in [6.07, 6.45) is 7.14. The summed E-state index contributed by atoms with van der Waals surface area (Å²) in [5, 5.41) is 3.33. The fraction of sp³-hybridized carbons (Fsp3) is 0.200. The van der Waals surface area contributed by atoms with E-state index >= 15 is 0 Å². The predicted octanol–water partition coefficient (Wildman–Crippen LogP) is 2.62. The van der Waals surface area contributed by atoms with E-state index in [2.05, 4.69) is 31.2 Å². The number of rotatable bonds is 5. The second kappa shape index (κ2) is 6.93. The Kier molecular flexibility index (Phi) is 4.12. The number of hydrogen-bond acceptors (Lipinski definition) is 8. The molecule has 0 fully saturated rings. The lowest BCUT2D eigenvalue weighted by atomic mass is 10.2. The van der Waals surface area contributed by atoms with Gasteiger partial charge in [0.05, 0.1) is 43.8 Å². The van der Waals surface area contributed by atoms with Gasteiger partial charge in [0.1, 0.15) is 6.33 Å². The predicted molar refractivity (Wildman–Crippen MR) is 109 cm³/mol. The molecule has 0 spiro atoms. The van der Waals surface area contributed by atoms with Crippen molar-refractivity contribution < 1.29 is 9.47 Å². The molecule has 0 saturated carbocycles.